The van der Waals surface area contributed by atoms with Gasteiger partial charge in [-0.1, -0.05) is 42.5 Å². The van der Waals surface area contributed by atoms with Gasteiger partial charge in [-0.3, -0.25) is 0 Å². The van der Waals surface area contributed by atoms with E-state index in [4.69, 9.17) is 9.84 Å². The van der Waals surface area contributed by atoms with Crippen molar-refractivity contribution in [3.05, 3.63) is 77.1 Å². The second-order valence-corrected chi connectivity index (χ2v) is 4.88. The Bertz CT molecular complexity index is 744. The van der Waals surface area contributed by atoms with Crippen molar-refractivity contribution in [2.45, 2.75) is 6.61 Å². The van der Waals surface area contributed by atoms with Gasteiger partial charge in [-0.15, -0.1) is 0 Å². The Balaban J connectivity index is 1.83. The lowest BCUT2D eigenvalue weighted by Gasteiger charge is -2.05. The van der Waals surface area contributed by atoms with Crippen molar-refractivity contribution in [3.8, 4) is 0 Å². The average Bonchev–Trinajstić information content (AvgIpc) is 2.57. The van der Waals surface area contributed by atoms with Gasteiger partial charge < -0.3 is 15.2 Å². The SMILES string of the molecule is O=C(NCC=Cc1cc(F)ccc1C(=O)O)OCc1ccccc1. The first-order valence-electron chi connectivity index (χ1n) is 7.20. The Labute approximate surface area is 138 Å². The number of carbonyl (C=O) groups is 2. The number of carboxylic acid groups (broad SMARTS) is 1. The standard InChI is InChI=1S/C18H16FNO4/c19-15-8-9-16(17(21)22)14(11-15)7-4-10-20-18(23)24-12-13-5-2-1-3-6-13/h1-9,11H,10,12H2,(H,20,23)(H,21,22). The van der Waals surface area contributed by atoms with Crippen molar-refractivity contribution in [2.24, 2.45) is 0 Å². The molecule has 0 atom stereocenters. The van der Waals surface area contributed by atoms with Gasteiger partial charge in [0.1, 0.15) is 12.4 Å². The number of aromatic carboxylic acids is 1. The van der Waals surface area contributed by atoms with Crippen molar-refractivity contribution in [1.29, 1.82) is 0 Å². The normalized spacial score (nSPS) is 10.5. The minimum atomic E-state index is -1.15. The maximum absolute atomic E-state index is 13.2. The van der Waals surface area contributed by atoms with E-state index in [0.29, 0.717) is 0 Å². The zero-order valence-corrected chi connectivity index (χ0v) is 12.7. The molecule has 1 amide bonds. The molecular formula is C18H16FNO4. The molecule has 2 rings (SSSR count). The van der Waals surface area contributed by atoms with E-state index in [2.05, 4.69) is 5.32 Å². The maximum atomic E-state index is 13.2. The monoisotopic (exact) mass is 329 g/mol. The molecule has 2 N–H and O–H groups in total. The molecule has 0 aromatic heterocycles. The summed E-state index contributed by atoms with van der Waals surface area (Å²) in [6, 6.07) is 12.6. The highest BCUT2D eigenvalue weighted by Gasteiger charge is 2.08. The minimum absolute atomic E-state index is 0.0145. The van der Waals surface area contributed by atoms with E-state index >= 15 is 0 Å². The Morgan fingerprint density at radius 3 is 2.62 bits per heavy atom. The van der Waals surface area contributed by atoms with Crippen LogP contribution in [0.3, 0.4) is 0 Å². The van der Waals surface area contributed by atoms with Crippen molar-refractivity contribution >= 4 is 18.1 Å². The Morgan fingerprint density at radius 1 is 1.17 bits per heavy atom. The number of benzene rings is 2. The molecule has 0 aliphatic carbocycles. The molecule has 0 saturated carbocycles. The summed E-state index contributed by atoms with van der Waals surface area (Å²) in [5, 5.41) is 11.5. The van der Waals surface area contributed by atoms with Gasteiger partial charge in [0.25, 0.3) is 0 Å². The van der Waals surface area contributed by atoms with E-state index in [1.165, 1.54) is 18.2 Å². The predicted octanol–water partition coefficient (Wildman–Crippen LogP) is 3.46. The van der Waals surface area contributed by atoms with Crippen molar-refractivity contribution in [3.63, 3.8) is 0 Å². The van der Waals surface area contributed by atoms with Crippen LogP contribution in [0.25, 0.3) is 6.08 Å². The Morgan fingerprint density at radius 2 is 1.92 bits per heavy atom. The first-order chi connectivity index (χ1) is 11.6. The minimum Gasteiger partial charge on any atom is -0.478 e. The molecule has 0 aliphatic rings. The van der Waals surface area contributed by atoms with Crippen LogP contribution in [-0.2, 0) is 11.3 Å². The van der Waals surface area contributed by atoms with Crippen LogP contribution in [0.2, 0.25) is 0 Å². The van der Waals surface area contributed by atoms with E-state index in [1.54, 1.807) is 0 Å². The summed E-state index contributed by atoms with van der Waals surface area (Å²) in [6.45, 7) is 0.284. The van der Waals surface area contributed by atoms with E-state index < -0.39 is 17.9 Å². The van der Waals surface area contributed by atoms with E-state index in [0.717, 1.165) is 17.7 Å². The molecular weight excluding hydrogens is 313 g/mol. The number of halogens is 1. The zero-order valence-electron chi connectivity index (χ0n) is 12.7. The number of amides is 1. The van der Waals surface area contributed by atoms with Gasteiger partial charge >= 0.3 is 12.1 Å². The number of nitrogens with one attached hydrogen (secondary N) is 1. The fourth-order valence-electron chi connectivity index (χ4n) is 1.97. The van der Waals surface area contributed by atoms with E-state index in [9.17, 15) is 14.0 Å². The molecule has 0 aliphatic heterocycles. The molecule has 0 fully saturated rings. The fraction of sp³-hybridized carbons (Fsp3) is 0.111. The molecule has 0 heterocycles. The molecule has 0 spiro atoms. The van der Waals surface area contributed by atoms with Crippen LogP contribution >= 0.6 is 0 Å². The molecule has 6 heteroatoms. The maximum Gasteiger partial charge on any atom is 0.407 e. The van der Waals surface area contributed by atoms with Gasteiger partial charge in [0.15, 0.2) is 0 Å². The fourth-order valence-corrected chi connectivity index (χ4v) is 1.97. The lowest BCUT2D eigenvalue weighted by atomic mass is 10.1. The smallest absolute Gasteiger partial charge is 0.407 e. The second-order valence-electron chi connectivity index (χ2n) is 4.88. The van der Waals surface area contributed by atoms with Crippen LogP contribution in [-0.4, -0.2) is 23.7 Å². The molecule has 2 aromatic carbocycles. The molecule has 0 radical (unpaired) electrons. The van der Waals surface area contributed by atoms with Crippen molar-refractivity contribution in [2.75, 3.05) is 6.54 Å². The van der Waals surface area contributed by atoms with Crippen LogP contribution in [0.5, 0.6) is 0 Å². The molecule has 0 bridgehead atoms. The third-order valence-corrected chi connectivity index (χ3v) is 3.12. The van der Waals surface area contributed by atoms with Gasteiger partial charge in [0.05, 0.1) is 5.56 Å². The summed E-state index contributed by atoms with van der Waals surface area (Å²) in [5.41, 5.74) is 1.08. The summed E-state index contributed by atoms with van der Waals surface area (Å²) in [7, 11) is 0. The first kappa shape index (κ1) is 17.2. The highest BCUT2D eigenvalue weighted by molar-refractivity contribution is 5.92. The number of alkyl carbamates (subject to hydrolysis) is 1. The summed E-state index contributed by atoms with van der Waals surface area (Å²) in [6.07, 6.45) is 2.36. The van der Waals surface area contributed by atoms with Gasteiger partial charge in [-0.2, -0.15) is 0 Å². The number of hydrogen-bond acceptors (Lipinski definition) is 3. The molecule has 0 saturated heterocycles. The summed E-state index contributed by atoms with van der Waals surface area (Å²) < 4.78 is 18.2. The molecule has 24 heavy (non-hydrogen) atoms. The zero-order chi connectivity index (χ0) is 17.4. The topological polar surface area (TPSA) is 75.6 Å². The highest BCUT2D eigenvalue weighted by atomic mass is 19.1. The second kappa shape index (κ2) is 8.47. The predicted molar refractivity (Wildman–Crippen MR) is 87.0 cm³/mol. The molecule has 5 nitrogen and oxygen atoms in total. The number of ether oxygens (including phenoxy) is 1. The third-order valence-electron chi connectivity index (χ3n) is 3.12. The van der Waals surface area contributed by atoms with Gasteiger partial charge in [0, 0.05) is 6.54 Å². The van der Waals surface area contributed by atoms with Crippen LogP contribution in [0.4, 0.5) is 9.18 Å². The average molecular weight is 329 g/mol. The molecule has 0 unspecified atom stereocenters. The number of carboxylic acids is 1. The summed E-state index contributed by atoms with van der Waals surface area (Å²) in [5.74, 6) is -1.68. The number of rotatable bonds is 6. The summed E-state index contributed by atoms with van der Waals surface area (Å²) in [4.78, 5) is 22.6. The Kier molecular flexibility index (Phi) is 6.08. The lowest BCUT2D eigenvalue weighted by molar-refractivity contribution is 0.0696. The lowest BCUT2D eigenvalue weighted by Crippen LogP contribution is -2.24. The number of carbonyl (C=O) groups excluding carboxylic acids is 1. The van der Waals surface area contributed by atoms with Gasteiger partial charge in [-0.25, -0.2) is 14.0 Å². The van der Waals surface area contributed by atoms with Crippen LogP contribution in [0.1, 0.15) is 21.5 Å². The molecule has 124 valence electrons. The van der Waals surface area contributed by atoms with Crippen LogP contribution in [0.15, 0.2) is 54.6 Å². The quantitative estimate of drug-likeness (QED) is 0.851. The van der Waals surface area contributed by atoms with Gasteiger partial charge in [-0.05, 0) is 29.3 Å². The van der Waals surface area contributed by atoms with Crippen LogP contribution < -0.4 is 5.32 Å². The van der Waals surface area contributed by atoms with Crippen LogP contribution in [0, 0.1) is 5.82 Å². The largest absolute Gasteiger partial charge is 0.478 e. The highest BCUT2D eigenvalue weighted by Crippen LogP contribution is 2.13. The Hall–Kier alpha value is -3.15. The van der Waals surface area contributed by atoms with Crippen molar-refractivity contribution < 1.29 is 23.8 Å². The van der Waals surface area contributed by atoms with Crippen molar-refractivity contribution in [1.82, 2.24) is 5.32 Å². The third kappa shape index (κ3) is 5.24. The first-order valence-corrected chi connectivity index (χ1v) is 7.20. The van der Waals surface area contributed by atoms with Gasteiger partial charge in [0.2, 0.25) is 0 Å². The summed E-state index contributed by atoms with van der Waals surface area (Å²) >= 11 is 0. The van der Waals surface area contributed by atoms with E-state index in [-0.39, 0.29) is 24.3 Å². The number of hydrogen-bond donors (Lipinski definition) is 2. The van der Waals surface area contributed by atoms with E-state index in [1.807, 2.05) is 30.3 Å². The molecule has 2 aromatic rings.